The molecular formula is C5H7BrO4. The molecule has 0 saturated heterocycles. The highest BCUT2D eigenvalue weighted by molar-refractivity contribution is 9.10. The smallest absolute Gasteiger partial charge is 0.322 e. The average Bonchev–Trinajstić information content (AvgIpc) is 1.98. The minimum Gasteiger partial charge on any atom is -0.468 e. The molecule has 0 N–H and O–H groups in total. The number of alkyl halides is 1. The summed E-state index contributed by atoms with van der Waals surface area (Å²) >= 11 is 2.95. The van der Waals surface area contributed by atoms with Crippen LogP contribution in [0.25, 0.3) is 0 Å². The zero-order valence-electron chi connectivity index (χ0n) is 5.37. The summed E-state index contributed by atoms with van der Waals surface area (Å²) < 4.78 is 8.62. The lowest BCUT2D eigenvalue weighted by Gasteiger charge is -2.04. The zero-order chi connectivity index (χ0) is 7.98. The molecule has 0 heterocycles. The van der Waals surface area contributed by atoms with Crippen molar-refractivity contribution in [1.29, 1.82) is 0 Å². The van der Waals surface area contributed by atoms with Crippen molar-refractivity contribution in [2.75, 3.05) is 13.7 Å². The lowest BCUT2D eigenvalue weighted by molar-refractivity contribution is -0.141. The van der Waals surface area contributed by atoms with Crippen molar-refractivity contribution in [2.45, 2.75) is 4.83 Å². The van der Waals surface area contributed by atoms with Crippen molar-refractivity contribution >= 4 is 28.4 Å². The first-order valence-corrected chi connectivity index (χ1v) is 3.41. The third-order valence-corrected chi connectivity index (χ3v) is 1.41. The molecule has 0 radical (unpaired) electrons. The molecule has 5 heteroatoms. The molecule has 0 aliphatic rings. The summed E-state index contributed by atoms with van der Waals surface area (Å²) in [5, 5.41) is 0. The lowest BCUT2D eigenvalue weighted by atomic mass is 10.5. The van der Waals surface area contributed by atoms with Crippen LogP contribution in [0.5, 0.6) is 0 Å². The van der Waals surface area contributed by atoms with Crippen LogP contribution in [0.1, 0.15) is 0 Å². The highest BCUT2D eigenvalue weighted by Crippen LogP contribution is 2.00. The molecule has 0 amide bonds. The van der Waals surface area contributed by atoms with Gasteiger partial charge in [0.15, 0.2) is 0 Å². The summed E-state index contributed by atoms with van der Waals surface area (Å²) in [5.74, 6) is -0.457. The van der Waals surface area contributed by atoms with Crippen LogP contribution in [0.2, 0.25) is 0 Å². The van der Waals surface area contributed by atoms with Gasteiger partial charge < -0.3 is 9.47 Å². The molecule has 0 aromatic carbocycles. The molecule has 0 aromatic heterocycles. The third-order valence-electron chi connectivity index (χ3n) is 0.768. The van der Waals surface area contributed by atoms with Gasteiger partial charge in [0, 0.05) is 0 Å². The molecule has 0 aromatic rings. The number of hydrogen-bond donors (Lipinski definition) is 0. The zero-order valence-corrected chi connectivity index (χ0v) is 6.96. The van der Waals surface area contributed by atoms with Crippen molar-refractivity contribution in [1.82, 2.24) is 0 Å². The summed E-state index contributed by atoms with van der Waals surface area (Å²) in [4.78, 5) is 19.6. The second kappa shape index (κ2) is 5.22. The van der Waals surface area contributed by atoms with E-state index in [0.717, 1.165) is 0 Å². The van der Waals surface area contributed by atoms with Crippen LogP contribution >= 0.6 is 15.9 Å². The molecule has 4 nitrogen and oxygen atoms in total. The number of rotatable bonds is 4. The van der Waals surface area contributed by atoms with Crippen molar-refractivity contribution in [2.24, 2.45) is 0 Å². The number of esters is 1. The van der Waals surface area contributed by atoms with Gasteiger partial charge in [-0.25, -0.2) is 0 Å². The van der Waals surface area contributed by atoms with Crippen LogP contribution in [-0.4, -0.2) is 31.0 Å². The maximum absolute atomic E-state index is 10.6. The molecule has 0 rings (SSSR count). The number of hydrogen-bond acceptors (Lipinski definition) is 4. The minimum absolute atomic E-state index is 0.00380. The monoisotopic (exact) mass is 210 g/mol. The second-order valence-corrected chi connectivity index (χ2v) is 2.53. The van der Waals surface area contributed by atoms with Gasteiger partial charge in [0.25, 0.3) is 6.47 Å². The third kappa shape index (κ3) is 3.45. The van der Waals surface area contributed by atoms with Crippen LogP contribution in [0.15, 0.2) is 0 Å². The largest absolute Gasteiger partial charge is 0.468 e. The molecule has 1 unspecified atom stereocenters. The van der Waals surface area contributed by atoms with Crippen LogP contribution in [0.4, 0.5) is 0 Å². The fraction of sp³-hybridized carbons (Fsp3) is 0.600. The number of ether oxygens (including phenoxy) is 2. The number of halogens is 1. The Morgan fingerprint density at radius 1 is 1.80 bits per heavy atom. The molecular weight excluding hydrogens is 204 g/mol. The Hall–Kier alpha value is -0.580. The maximum Gasteiger partial charge on any atom is 0.322 e. The molecule has 0 saturated carbocycles. The van der Waals surface area contributed by atoms with E-state index in [1.807, 2.05) is 0 Å². The number of carbonyl (C=O) groups is 2. The molecule has 0 bridgehead atoms. The van der Waals surface area contributed by atoms with E-state index in [1.165, 1.54) is 7.11 Å². The molecule has 58 valence electrons. The Bertz CT molecular complexity index is 125. The Morgan fingerprint density at radius 2 is 2.40 bits per heavy atom. The fourth-order valence-corrected chi connectivity index (χ4v) is 0.659. The highest BCUT2D eigenvalue weighted by atomic mass is 79.9. The predicted molar refractivity (Wildman–Crippen MR) is 36.7 cm³/mol. The first-order valence-electron chi connectivity index (χ1n) is 2.49. The molecule has 0 aliphatic carbocycles. The Balaban J connectivity index is 3.50. The van der Waals surface area contributed by atoms with E-state index in [0.29, 0.717) is 0 Å². The second-order valence-electron chi connectivity index (χ2n) is 1.42. The topological polar surface area (TPSA) is 52.6 Å². The highest BCUT2D eigenvalue weighted by Gasteiger charge is 2.14. The van der Waals surface area contributed by atoms with E-state index >= 15 is 0 Å². The SMILES string of the molecule is COC(=O)C(Br)COC=O. The van der Waals surface area contributed by atoms with Gasteiger partial charge in [0.05, 0.1) is 7.11 Å². The molecule has 0 spiro atoms. The first kappa shape index (κ1) is 9.42. The van der Waals surface area contributed by atoms with Crippen molar-refractivity contribution in [3.63, 3.8) is 0 Å². The van der Waals surface area contributed by atoms with E-state index in [-0.39, 0.29) is 13.1 Å². The molecule has 10 heavy (non-hydrogen) atoms. The normalized spacial score (nSPS) is 11.8. The summed E-state index contributed by atoms with van der Waals surface area (Å²) in [6.07, 6.45) is 0. The van der Waals surface area contributed by atoms with Gasteiger partial charge in [0.2, 0.25) is 0 Å². The minimum atomic E-state index is -0.567. The van der Waals surface area contributed by atoms with E-state index in [4.69, 9.17) is 0 Å². The van der Waals surface area contributed by atoms with Gasteiger partial charge in [-0.3, -0.25) is 9.59 Å². The van der Waals surface area contributed by atoms with Crippen LogP contribution < -0.4 is 0 Å². The quantitative estimate of drug-likeness (QED) is 0.375. The first-order chi connectivity index (χ1) is 4.72. The van der Waals surface area contributed by atoms with Crippen LogP contribution in [-0.2, 0) is 19.1 Å². The maximum atomic E-state index is 10.6. The predicted octanol–water partition coefficient (Wildman–Crippen LogP) is 0.0959. The Kier molecular flexibility index (Phi) is 4.92. The van der Waals surface area contributed by atoms with Gasteiger partial charge in [-0.05, 0) is 0 Å². The van der Waals surface area contributed by atoms with E-state index in [1.54, 1.807) is 0 Å². The lowest BCUT2D eigenvalue weighted by Crippen LogP contribution is -2.20. The summed E-state index contributed by atoms with van der Waals surface area (Å²) in [6, 6.07) is 0. The summed E-state index contributed by atoms with van der Waals surface area (Å²) in [7, 11) is 1.26. The fourth-order valence-electron chi connectivity index (χ4n) is 0.320. The Morgan fingerprint density at radius 3 is 2.80 bits per heavy atom. The average molecular weight is 211 g/mol. The Labute approximate surface area is 66.6 Å². The summed E-state index contributed by atoms with van der Waals surface area (Å²) in [5.41, 5.74) is 0. The van der Waals surface area contributed by atoms with Crippen LogP contribution in [0, 0.1) is 0 Å². The number of methoxy groups -OCH3 is 1. The molecule has 0 aliphatic heterocycles. The molecule has 1 atom stereocenters. The van der Waals surface area contributed by atoms with Gasteiger partial charge in [-0.1, -0.05) is 15.9 Å². The van der Waals surface area contributed by atoms with Gasteiger partial charge >= 0.3 is 5.97 Å². The standard InChI is InChI=1S/C5H7BrO4/c1-9-5(8)4(6)2-10-3-7/h3-4H,2H2,1H3. The van der Waals surface area contributed by atoms with Crippen molar-refractivity contribution in [3.8, 4) is 0 Å². The van der Waals surface area contributed by atoms with Gasteiger partial charge in [-0.2, -0.15) is 0 Å². The van der Waals surface area contributed by atoms with Gasteiger partial charge in [-0.15, -0.1) is 0 Å². The van der Waals surface area contributed by atoms with E-state index in [9.17, 15) is 9.59 Å². The summed E-state index contributed by atoms with van der Waals surface area (Å²) in [6.45, 7) is 0.271. The van der Waals surface area contributed by atoms with E-state index < -0.39 is 10.8 Å². The van der Waals surface area contributed by atoms with E-state index in [2.05, 4.69) is 25.4 Å². The van der Waals surface area contributed by atoms with Crippen LogP contribution in [0.3, 0.4) is 0 Å². The van der Waals surface area contributed by atoms with Gasteiger partial charge in [0.1, 0.15) is 11.4 Å². The molecule has 0 fully saturated rings. The van der Waals surface area contributed by atoms with Crippen molar-refractivity contribution < 1.29 is 19.1 Å². The van der Waals surface area contributed by atoms with Crippen molar-refractivity contribution in [3.05, 3.63) is 0 Å². The number of carbonyl (C=O) groups excluding carboxylic acids is 2.